The number of methoxy groups -OCH3 is 1. The van der Waals surface area contributed by atoms with Crippen molar-refractivity contribution in [3.05, 3.63) is 0 Å². The van der Waals surface area contributed by atoms with Crippen LogP contribution in [0.5, 0.6) is 0 Å². The quantitative estimate of drug-likeness (QED) is 0.751. The minimum atomic E-state index is 0. The average molecular weight is 293 g/mol. The zero-order valence-electron chi connectivity index (χ0n) is 11.6. The van der Waals surface area contributed by atoms with Gasteiger partial charge in [-0.25, -0.2) is 0 Å². The fourth-order valence-corrected chi connectivity index (χ4v) is 2.86. The van der Waals surface area contributed by atoms with Crippen LogP contribution in [0.1, 0.15) is 12.8 Å². The Balaban J connectivity index is 0.00000180. The lowest BCUT2D eigenvalue weighted by Gasteiger charge is -2.20. The molecule has 2 aliphatic rings. The van der Waals surface area contributed by atoms with E-state index in [0.717, 1.165) is 50.9 Å². The highest BCUT2D eigenvalue weighted by Gasteiger charge is 2.31. The van der Waals surface area contributed by atoms with Gasteiger partial charge < -0.3 is 19.7 Å². The van der Waals surface area contributed by atoms with Crippen molar-refractivity contribution in [2.24, 2.45) is 11.8 Å². The smallest absolute Gasteiger partial charge is 0.248 e. The molecule has 0 unspecified atom stereocenters. The van der Waals surface area contributed by atoms with Gasteiger partial charge in [0.1, 0.15) is 6.61 Å². The number of fused-ring (bicyclic) bond motifs is 1. The summed E-state index contributed by atoms with van der Waals surface area (Å²) >= 11 is 0. The van der Waals surface area contributed by atoms with Crippen LogP contribution in [0.15, 0.2) is 0 Å². The first-order valence-corrected chi connectivity index (χ1v) is 6.86. The van der Waals surface area contributed by atoms with Gasteiger partial charge in [-0.05, 0) is 37.8 Å². The van der Waals surface area contributed by atoms with Crippen LogP contribution < -0.4 is 5.32 Å². The van der Waals surface area contributed by atoms with E-state index in [9.17, 15) is 4.79 Å². The second-order valence-corrected chi connectivity index (χ2v) is 5.18. The van der Waals surface area contributed by atoms with Crippen LogP contribution >= 0.6 is 12.4 Å². The van der Waals surface area contributed by atoms with Gasteiger partial charge in [-0.15, -0.1) is 12.4 Å². The molecule has 0 saturated carbocycles. The molecule has 112 valence electrons. The van der Waals surface area contributed by atoms with Crippen LogP contribution in [0.2, 0.25) is 0 Å². The molecule has 19 heavy (non-hydrogen) atoms. The number of carbonyl (C=O) groups excluding carboxylic acids is 1. The van der Waals surface area contributed by atoms with Crippen molar-refractivity contribution < 1.29 is 14.3 Å². The van der Waals surface area contributed by atoms with E-state index in [1.165, 1.54) is 0 Å². The van der Waals surface area contributed by atoms with Crippen LogP contribution in [0.3, 0.4) is 0 Å². The van der Waals surface area contributed by atoms with Crippen LogP contribution in [0.25, 0.3) is 0 Å². The lowest BCUT2D eigenvalue weighted by Crippen LogP contribution is -2.35. The lowest BCUT2D eigenvalue weighted by atomic mass is 9.92. The third-order valence-electron chi connectivity index (χ3n) is 4.03. The summed E-state index contributed by atoms with van der Waals surface area (Å²) in [5, 5.41) is 3.44. The minimum Gasteiger partial charge on any atom is -0.382 e. The van der Waals surface area contributed by atoms with Crippen molar-refractivity contribution >= 4 is 18.3 Å². The second-order valence-electron chi connectivity index (χ2n) is 5.18. The summed E-state index contributed by atoms with van der Waals surface area (Å²) in [6.45, 7) is 5.24. The highest BCUT2D eigenvalue weighted by atomic mass is 35.5. The number of hydrogen-bond acceptors (Lipinski definition) is 4. The summed E-state index contributed by atoms with van der Waals surface area (Å²) in [4.78, 5) is 13.9. The molecule has 2 aliphatic heterocycles. The molecule has 0 aromatic carbocycles. The molecule has 0 spiro atoms. The first kappa shape index (κ1) is 16.7. The van der Waals surface area contributed by atoms with E-state index in [0.29, 0.717) is 13.2 Å². The number of amides is 1. The summed E-state index contributed by atoms with van der Waals surface area (Å²) in [6.07, 6.45) is 2.25. The second kappa shape index (κ2) is 8.74. The Hall–Kier alpha value is -0.360. The fraction of sp³-hybridized carbons (Fsp3) is 0.923. The minimum absolute atomic E-state index is 0. The third-order valence-corrected chi connectivity index (χ3v) is 4.03. The molecule has 0 aliphatic carbocycles. The summed E-state index contributed by atoms with van der Waals surface area (Å²) < 4.78 is 10.2. The highest BCUT2D eigenvalue weighted by Crippen LogP contribution is 2.26. The van der Waals surface area contributed by atoms with Crippen LogP contribution in [-0.4, -0.2) is 63.9 Å². The van der Waals surface area contributed by atoms with Crippen molar-refractivity contribution in [2.45, 2.75) is 12.8 Å². The van der Waals surface area contributed by atoms with Gasteiger partial charge in [-0.2, -0.15) is 0 Å². The van der Waals surface area contributed by atoms with E-state index in [1.807, 2.05) is 4.90 Å². The molecular weight excluding hydrogens is 268 g/mol. The molecular formula is C13H25ClN2O3. The summed E-state index contributed by atoms with van der Waals surface area (Å²) in [6, 6.07) is 0. The van der Waals surface area contributed by atoms with E-state index in [2.05, 4.69) is 5.32 Å². The Morgan fingerprint density at radius 2 is 1.84 bits per heavy atom. The molecule has 0 radical (unpaired) electrons. The van der Waals surface area contributed by atoms with E-state index >= 15 is 0 Å². The molecule has 2 saturated heterocycles. The molecule has 0 aromatic rings. The van der Waals surface area contributed by atoms with E-state index in [1.54, 1.807) is 7.11 Å². The zero-order valence-corrected chi connectivity index (χ0v) is 12.4. The number of nitrogens with zero attached hydrogens (tertiary/aromatic N) is 1. The summed E-state index contributed by atoms with van der Waals surface area (Å²) in [5.74, 6) is 1.65. The maximum atomic E-state index is 12.0. The fourth-order valence-electron chi connectivity index (χ4n) is 2.86. The SMILES string of the molecule is COCCOCC(=O)N1CC[C@@H]2CNC[C@@H]2CC1.Cl. The molecule has 2 atom stereocenters. The van der Waals surface area contributed by atoms with Gasteiger partial charge in [-0.1, -0.05) is 0 Å². The number of ether oxygens (including phenoxy) is 2. The normalized spacial score (nSPS) is 26.5. The van der Waals surface area contributed by atoms with E-state index in [-0.39, 0.29) is 24.9 Å². The first-order chi connectivity index (χ1) is 8.81. The predicted octanol–water partition coefficient (Wildman–Crippen LogP) is 0.529. The Morgan fingerprint density at radius 1 is 1.21 bits per heavy atom. The van der Waals surface area contributed by atoms with Crippen molar-refractivity contribution in [1.82, 2.24) is 10.2 Å². The van der Waals surface area contributed by atoms with Gasteiger partial charge in [0.15, 0.2) is 0 Å². The topological polar surface area (TPSA) is 50.8 Å². The molecule has 6 heteroatoms. The lowest BCUT2D eigenvalue weighted by molar-refractivity contribution is -0.136. The number of halogens is 1. The molecule has 0 bridgehead atoms. The van der Waals surface area contributed by atoms with E-state index < -0.39 is 0 Å². The van der Waals surface area contributed by atoms with Crippen molar-refractivity contribution in [3.63, 3.8) is 0 Å². The van der Waals surface area contributed by atoms with Crippen LogP contribution in [-0.2, 0) is 14.3 Å². The zero-order chi connectivity index (χ0) is 12.8. The number of likely N-dealkylation sites (tertiary alicyclic amines) is 1. The molecule has 0 aromatic heterocycles. The highest BCUT2D eigenvalue weighted by molar-refractivity contribution is 5.85. The molecule has 2 rings (SSSR count). The van der Waals surface area contributed by atoms with Crippen LogP contribution in [0.4, 0.5) is 0 Å². The largest absolute Gasteiger partial charge is 0.382 e. The summed E-state index contributed by atoms with van der Waals surface area (Å²) in [7, 11) is 1.63. The van der Waals surface area contributed by atoms with Gasteiger partial charge in [0.25, 0.3) is 0 Å². The van der Waals surface area contributed by atoms with Crippen molar-refractivity contribution in [1.29, 1.82) is 0 Å². The third kappa shape index (κ3) is 4.91. The van der Waals surface area contributed by atoms with Gasteiger partial charge in [0.2, 0.25) is 5.91 Å². The predicted molar refractivity (Wildman–Crippen MR) is 75.6 cm³/mol. The molecule has 1 N–H and O–H groups in total. The van der Waals surface area contributed by atoms with Gasteiger partial charge in [0.05, 0.1) is 13.2 Å². The first-order valence-electron chi connectivity index (χ1n) is 6.86. The van der Waals surface area contributed by atoms with E-state index in [4.69, 9.17) is 9.47 Å². The Morgan fingerprint density at radius 3 is 2.42 bits per heavy atom. The number of rotatable bonds is 5. The van der Waals surface area contributed by atoms with Crippen molar-refractivity contribution in [2.75, 3.05) is 53.1 Å². The molecule has 1 amide bonds. The molecule has 2 heterocycles. The Kier molecular flexibility index (Phi) is 7.68. The monoisotopic (exact) mass is 292 g/mol. The Labute approximate surface area is 121 Å². The number of hydrogen-bond donors (Lipinski definition) is 1. The average Bonchev–Trinajstić information content (AvgIpc) is 2.73. The number of carbonyl (C=O) groups is 1. The molecule has 5 nitrogen and oxygen atoms in total. The van der Waals surface area contributed by atoms with Gasteiger partial charge in [0, 0.05) is 20.2 Å². The van der Waals surface area contributed by atoms with Gasteiger partial charge in [-0.3, -0.25) is 4.79 Å². The maximum absolute atomic E-state index is 12.0. The Bertz CT molecular complexity index is 265. The van der Waals surface area contributed by atoms with Gasteiger partial charge >= 0.3 is 0 Å². The standard InChI is InChI=1S/C13H24N2O3.ClH/c1-17-6-7-18-10-13(16)15-4-2-11-8-14-9-12(11)3-5-15;/h11-12,14H,2-10H2,1H3;1H/t11-,12+;. The summed E-state index contributed by atoms with van der Waals surface area (Å²) in [5.41, 5.74) is 0. The van der Waals surface area contributed by atoms with Crippen LogP contribution in [0, 0.1) is 11.8 Å². The molecule has 2 fully saturated rings. The van der Waals surface area contributed by atoms with Crippen molar-refractivity contribution in [3.8, 4) is 0 Å². The number of nitrogens with one attached hydrogen (secondary N) is 1. The maximum Gasteiger partial charge on any atom is 0.248 e.